The fraction of sp³-hybridized carbons (Fsp3) is 0.867. The van der Waals surface area contributed by atoms with Crippen molar-refractivity contribution in [2.24, 2.45) is 11.8 Å². The molecule has 0 bridgehead atoms. The fourth-order valence-electron chi connectivity index (χ4n) is 3.10. The van der Waals surface area contributed by atoms with Crippen LogP contribution in [-0.2, 0) is 14.3 Å². The van der Waals surface area contributed by atoms with Gasteiger partial charge in [0.15, 0.2) is 0 Å². The number of methoxy groups -OCH3 is 1. The smallest absolute Gasteiger partial charge is 0.309 e. The van der Waals surface area contributed by atoms with E-state index in [1.807, 2.05) is 0 Å². The van der Waals surface area contributed by atoms with Crippen LogP contribution in [0, 0.1) is 23.2 Å². The van der Waals surface area contributed by atoms with E-state index in [1.165, 1.54) is 0 Å². The van der Waals surface area contributed by atoms with Crippen molar-refractivity contribution in [3.05, 3.63) is 0 Å². The van der Waals surface area contributed by atoms with Gasteiger partial charge < -0.3 is 9.47 Å². The Labute approximate surface area is 115 Å². The molecule has 0 aromatic rings. The van der Waals surface area contributed by atoms with E-state index in [4.69, 9.17) is 14.7 Å². The molecule has 106 valence electrons. The lowest BCUT2D eigenvalue weighted by molar-refractivity contribution is -0.158. The highest BCUT2D eigenvalue weighted by Crippen LogP contribution is 2.31. The molecule has 4 heteroatoms. The molecule has 19 heavy (non-hydrogen) atoms. The molecule has 0 aromatic heterocycles. The van der Waals surface area contributed by atoms with Crippen LogP contribution in [0.15, 0.2) is 0 Å². The normalized spacial score (nSPS) is 35.4. The second-order valence-corrected chi connectivity index (χ2v) is 5.75. The van der Waals surface area contributed by atoms with Gasteiger partial charge >= 0.3 is 5.97 Å². The molecule has 2 aliphatic carbocycles. The lowest BCUT2D eigenvalue weighted by atomic mass is 9.83. The van der Waals surface area contributed by atoms with Gasteiger partial charge in [-0.3, -0.25) is 4.79 Å². The lowest BCUT2D eigenvalue weighted by Gasteiger charge is -2.30. The molecule has 0 aliphatic heterocycles. The van der Waals surface area contributed by atoms with Crippen LogP contribution in [0.4, 0.5) is 0 Å². The number of ether oxygens (including phenoxy) is 2. The topological polar surface area (TPSA) is 59.3 Å². The Morgan fingerprint density at radius 2 is 1.58 bits per heavy atom. The maximum absolute atomic E-state index is 12.1. The molecule has 2 fully saturated rings. The molecular weight excluding hydrogens is 242 g/mol. The molecule has 2 aliphatic rings. The number of nitriles is 1. The first-order chi connectivity index (χ1) is 9.22. The third-order valence-electron chi connectivity index (χ3n) is 4.48. The zero-order chi connectivity index (χ0) is 13.7. The summed E-state index contributed by atoms with van der Waals surface area (Å²) >= 11 is 0. The average Bonchev–Trinajstić information content (AvgIpc) is 2.48. The first-order valence-corrected chi connectivity index (χ1v) is 7.35. The van der Waals surface area contributed by atoms with E-state index in [-0.39, 0.29) is 23.9 Å². The Balaban J connectivity index is 1.72. The minimum atomic E-state index is -0.0442. The van der Waals surface area contributed by atoms with Gasteiger partial charge in [-0.05, 0) is 51.4 Å². The Bertz CT molecular complexity index is 334. The van der Waals surface area contributed by atoms with Crippen LogP contribution in [0.2, 0.25) is 0 Å². The monoisotopic (exact) mass is 265 g/mol. The minimum Gasteiger partial charge on any atom is -0.462 e. The summed E-state index contributed by atoms with van der Waals surface area (Å²) in [6.07, 6.45) is 7.50. The highest BCUT2D eigenvalue weighted by Gasteiger charge is 2.30. The Morgan fingerprint density at radius 3 is 2.11 bits per heavy atom. The van der Waals surface area contributed by atoms with E-state index < -0.39 is 0 Å². The van der Waals surface area contributed by atoms with Crippen molar-refractivity contribution in [2.45, 2.75) is 63.6 Å². The van der Waals surface area contributed by atoms with Gasteiger partial charge in [0, 0.05) is 13.0 Å². The van der Waals surface area contributed by atoms with Crippen LogP contribution >= 0.6 is 0 Å². The molecule has 4 nitrogen and oxygen atoms in total. The number of hydrogen-bond acceptors (Lipinski definition) is 4. The first kappa shape index (κ1) is 14.3. The molecule has 0 N–H and O–H groups in total. The molecule has 0 spiro atoms. The highest BCUT2D eigenvalue weighted by atomic mass is 16.5. The molecule has 0 radical (unpaired) electrons. The van der Waals surface area contributed by atoms with Gasteiger partial charge in [0.1, 0.15) is 6.10 Å². The summed E-state index contributed by atoms with van der Waals surface area (Å²) in [4.78, 5) is 12.1. The summed E-state index contributed by atoms with van der Waals surface area (Å²) in [5.41, 5.74) is 0. The van der Waals surface area contributed by atoms with E-state index in [2.05, 4.69) is 6.07 Å². The Hall–Kier alpha value is -1.08. The lowest BCUT2D eigenvalue weighted by Crippen LogP contribution is -2.31. The third-order valence-corrected chi connectivity index (χ3v) is 4.48. The quantitative estimate of drug-likeness (QED) is 0.736. The van der Waals surface area contributed by atoms with E-state index in [9.17, 15) is 4.79 Å². The van der Waals surface area contributed by atoms with Gasteiger partial charge in [-0.25, -0.2) is 0 Å². The van der Waals surface area contributed by atoms with E-state index in [0.29, 0.717) is 6.10 Å². The molecule has 2 saturated carbocycles. The number of nitrogens with zero attached hydrogens (tertiary/aromatic N) is 1. The van der Waals surface area contributed by atoms with Crippen molar-refractivity contribution >= 4 is 5.97 Å². The van der Waals surface area contributed by atoms with Gasteiger partial charge in [0.05, 0.1) is 18.1 Å². The second-order valence-electron chi connectivity index (χ2n) is 5.75. The summed E-state index contributed by atoms with van der Waals surface area (Å²) in [5, 5.41) is 8.85. The summed E-state index contributed by atoms with van der Waals surface area (Å²) in [6, 6.07) is 2.29. The number of carbonyl (C=O) groups is 1. The highest BCUT2D eigenvalue weighted by molar-refractivity contribution is 5.72. The van der Waals surface area contributed by atoms with Crippen molar-refractivity contribution in [3.8, 4) is 6.07 Å². The molecule has 2 rings (SSSR count). The van der Waals surface area contributed by atoms with Crippen LogP contribution in [0.3, 0.4) is 0 Å². The largest absolute Gasteiger partial charge is 0.462 e. The summed E-state index contributed by atoms with van der Waals surface area (Å²) < 4.78 is 10.9. The van der Waals surface area contributed by atoms with Crippen molar-refractivity contribution in [3.63, 3.8) is 0 Å². The number of rotatable bonds is 3. The van der Waals surface area contributed by atoms with Crippen LogP contribution in [-0.4, -0.2) is 25.3 Å². The van der Waals surface area contributed by atoms with Gasteiger partial charge in [-0.15, -0.1) is 0 Å². The average molecular weight is 265 g/mol. The van der Waals surface area contributed by atoms with Crippen LogP contribution < -0.4 is 0 Å². The van der Waals surface area contributed by atoms with Gasteiger partial charge in [0.2, 0.25) is 0 Å². The third kappa shape index (κ3) is 3.94. The van der Waals surface area contributed by atoms with Gasteiger partial charge in [-0.2, -0.15) is 5.26 Å². The molecule has 0 heterocycles. The molecular formula is C15H23NO3. The second kappa shape index (κ2) is 6.91. The van der Waals surface area contributed by atoms with E-state index >= 15 is 0 Å². The number of carbonyl (C=O) groups excluding carboxylic acids is 1. The predicted octanol–water partition coefficient (Wildman–Crippen LogP) is 2.82. The minimum absolute atomic E-state index is 0.0183. The first-order valence-electron chi connectivity index (χ1n) is 7.35. The molecule has 0 amide bonds. The fourth-order valence-corrected chi connectivity index (χ4v) is 3.10. The van der Waals surface area contributed by atoms with E-state index in [1.54, 1.807) is 7.11 Å². The summed E-state index contributed by atoms with van der Waals surface area (Å²) in [6.45, 7) is 0. The maximum Gasteiger partial charge on any atom is 0.309 e. The van der Waals surface area contributed by atoms with Crippen LogP contribution in [0.5, 0.6) is 0 Å². The summed E-state index contributed by atoms with van der Waals surface area (Å²) in [5.74, 6) is 0.114. The van der Waals surface area contributed by atoms with Gasteiger partial charge in [0.25, 0.3) is 0 Å². The zero-order valence-corrected chi connectivity index (χ0v) is 11.6. The molecule has 0 saturated heterocycles. The SMILES string of the molecule is COC1CCC(OC(=O)C2CCC(C#N)CC2)CC1. The number of hydrogen-bond donors (Lipinski definition) is 0. The van der Waals surface area contributed by atoms with Crippen molar-refractivity contribution in [2.75, 3.05) is 7.11 Å². The Morgan fingerprint density at radius 1 is 1.00 bits per heavy atom. The summed E-state index contributed by atoms with van der Waals surface area (Å²) in [7, 11) is 1.74. The van der Waals surface area contributed by atoms with Gasteiger partial charge in [-0.1, -0.05) is 0 Å². The van der Waals surface area contributed by atoms with Crippen LogP contribution in [0.1, 0.15) is 51.4 Å². The van der Waals surface area contributed by atoms with E-state index in [0.717, 1.165) is 51.4 Å². The van der Waals surface area contributed by atoms with Crippen molar-refractivity contribution in [1.29, 1.82) is 5.26 Å². The standard InChI is InChI=1S/C15H23NO3/c1-18-13-6-8-14(9-7-13)19-15(17)12-4-2-11(10-16)3-5-12/h11-14H,2-9H2,1H3. The van der Waals surface area contributed by atoms with Crippen molar-refractivity contribution < 1.29 is 14.3 Å². The van der Waals surface area contributed by atoms with Crippen LogP contribution in [0.25, 0.3) is 0 Å². The molecule has 0 atom stereocenters. The predicted molar refractivity (Wildman–Crippen MR) is 70.2 cm³/mol. The van der Waals surface area contributed by atoms with Crippen molar-refractivity contribution in [1.82, 2.24) is 0 Å². The maximum atomic E-state index is 12.1. The number of esters is 1. The molecule has 0 unspecified atom stereocenters. The zero-order valence-electron chi connectivity index (χ0n) is 11.6. The molecule has 0 aromatic carbocycles. The Kier molecular flexibility index (Phi) is 5.21.